The lowest BCUT2D eigenvalue weighted by Gasteiger charge is -2.10. The van der Waals surface area contributed by atoms with Crippen LogP contribution in [0.15, 0.2) is 53.0 Å². The van der Waals surface area contributed by atoms with Gasteiger partial charge in [0, 0.05) is 21.7 Å². The Kier molecular flexibility index (Phi) is 5.06. The van der Waals surface area contributed by atoms with Gasteiger partial charge in [0.05, 0.1) is 5.69 Å². The second kappa shape index (κ2) is 7.00. The third-order valence-corrected chi connectivity index (χ3v) is 3.32. The molecule has 0 bridgehead atoms. The fourth-order valence-electron chi connectivity index (χ4n) is 1.76. The number of carboxylic acid groups (broad SMARTS) is 1. The number of carbonyl (C=O) groups excluding carboxylic acids is 1. The van der Waals surface area contributed by atoms with Crippen LogP contribution in [-0.4, -0.2) is 17.0 Å². The van der Waals surface area contributed by atoms with Crippen molar-refractivity contribution in [3.63, 3.8) is 0 Å². The molecule has 0 saturated carbocycles. The highest BCUT2D eigenvalue weighted by molar-refractivity contribution is 9.10. The predicted octanol–water partition coefficient (Wildman–Crippen LogP) is 3.94. The number of anilines is 1. The van der Waals surface area contributed by atoms with Crippen LogP contribution in [-0.2, 0) is 4.79 Å². The van der Waals surface area contributed by atoms with Crippen molar-refractivity contribution in [1.29, 1.82) is 0 Å². The number of para-hydroxylation sites is 1. The van der Waals surface area contributed by atoms with Crippen LogP contribution >= 0.6 is 15.9 Å². The molecule has 2 aromatic rings. The summed E-state index contributed by atoms with van der Waals surface area (Å²) >= 11 is 3.26. The zero-order valence-corrected chi connectivity index (χ0v) is 12.8. The van der Waals surface area contributed by atoms with E-state index in [1.165, 1.54) is 24.3 Å². The number of nitrogens with one attached hydrogen (secondary N) is 1. The lowest BCUT2D eigenvalue weighted by Crippen LogP contribution is -2.14. The summed E-state index contributed by atoms with van der Waals surface area (Å²) in [6.45, 7) is 0. The van der Waals surface area contributed by atoms with Gasteiger partial charge in [-0.25, -0.2) is 9.18 Å². The molecule has 112 valence electrons. The molecule has 0 heterocycles. The fourth-order valence-corrected chi connectivity index (χ4v) is 2.02. The van der Waals surface area contributed by atoms with Crippen molar-refractivity contribution >= 4 is 39.6 Å². The minimum atomic E-state index is -1.16. The fraction of sp³-hybridized carbons (Fsp3) is 0. The number of benzene rings is 2. The predicted molar refractivity (Wildman–Crippen MR) is 85.2 cm³/mol. The molecular formula is C16H11BrFNO3. The lowest BCUT2D eigenvalue weighted by molar-refractivity contribution is -0.131. The molecule has 2 rings (SSSR count). The van der Waals surface area contributed by atoms with Crippen molar-refractivity contribution in [2.24, 2.45) is 0 Å². The Morgan fingerprint density at radius 3 is 2.45 bits per heavy atom. The maximum atomic E-state index is 13.9. The summed E-state index contributed by atoms with van der Waals surface area (Å²) in [4.78, 5) is 22.7. The molecule has 0 saturated heterocycles. The van der Waals surface area contributed by atoms with Gasteiger partial charge in [-0.15, -0.1) is 0 Å². The highest BCUT2D eigenvalue weighted by Gasteiger charge is 2.12. The number of amides is 1. The van der Waals surface area contributed by atoms with Crippen molar-refractivity contribution in [3.8, 4) is 0 Å². The largest absolute Gasteiger partial charge is 0.478 e. The van der Waals surface area contributed by atoms with E-state index in [2.05, 4.69) is 21.2 Å². The van der Waals surface area contributed by atoms with Crippen molar-refractivity contribution in [2.45, 2.75) is 0 Å². The quantitative estimate of drug-likeness (QED) is 0.808. The Bertz CT molecular complexity index is 742. The van der Waals surface area contributed by atoms with Gasteiger partial charge in [0.1, 0.15) is 5.82 Å². The zero-order chi connectivity index (χ0) is 16.1. The normalized spacial score (nSPS) is 10.6. The van der Waals surface area contributed by atoms with Gasteiger partial charge in [-0.05, 0) is 36.4 Å². The first-order chi connectivity index (χ1) is 10.5. The molecule has 0 fully saturated rings. The van der Waals surface area contributed by atoms with Crippen molar-refractivity contribution in [3.05, 3.63) is 70.0 Å². The number of carboxylic acids is 1. The number of halogens is 2. The molecular weight excluding hydrogens is 353 g/mol. The van der Waals surface area contributed by atoms with E-state index in [-0.39, 0.29) is 11.3 Å². The maximum absolute atomic E-state index is 13.9. The van der Waals surface area contributed by atoms with E-state index in [0.29, 0.717) is 5.56 Å². The highest BCUT2D eigenvalue weighted by atomic mass is 79.9. The van der Waals surface area contributed by atoms with Gasteiger partial charge in [0.25, 0.3) is 5.91 Å². The SMILES string of the molecule is O=C(O)/C=C/c1cccc(F)c1NC(=O)c1ccc(Br)cc1. The minimum absolute atomic E-state index is 0.0621. The zero-order valence-electron chi connectivity index (χ0n) is 11.2. The van der Waals surface area contributed by atoms with E-state index in [0.717, 1.165) is 10.5 Å². The summed E-state index contributed by atoms with van der Waals surface area (Å²) in [6.07, 6.45) is 2.10. The number of hydrogen-bond acceptors (Lipinski definition) is 2. The van der Waals surface area contributed by atoms with E-state index in [1.807, 2.05) is 0 Å². The molecule has 0 aromatic heterocycles. The van der Waals surface area contributed by atoms with Crippen LogP contribution in [0.2, 0.25) is 0 Å². The van der Waals surface area contributed by atoms with Crippen LogP contribution in [0, 0.1) is 5.82 Å². The highest BCUT2D eigenvalue weighted by Crippen LogP contribution is 2.22. The number of carbonyl (C=O) groups is 2. The number of aliphatic carboxylic acids is 1. The number of hydrogen-bond donors (Lipinski definition) is 2. The van der Waals surface area contributed by atoms with Crippen molar-refractivity contribution in [1.82, 2.24) is 0 Å². The lowest BCUT2D eigenvalue weighted by atomic mass is 10.1. The summed E-state index contributed by atoms with van der Waals surface area (Å²) in [7, 11) is 0. The van der Waals surface area contributed by atoms with Crippen LogP contribution in [0.5, 0.6) is 0 Å². The number of rotatable bonds is 4. The average Bonchev–Trinajstić information content (AvgIpc) is 2.48. The van der Waals surface area contributed by atoms with Crippen LogP contribution < -0.4 is 5.32 Å². The summed E-state index contributed by atoms with van der Waals surface area (Å²) in [5.41, 5.74) is 0.570. The molecule has 6 heteroatoms. The average molecular weight is 364 g/mol. The Morgan fingerprint density at radius 2 is 1.82 bits per heavy atom. The van der Waals surface area contributed by atoms with Gasteiger partial charge >= 0.3 is 5.97 Å². The summed E-state index contributed by atoms with van der Waals surface area (Å²) in [5, 5.41) is 11.1. The van der Waals surface area contributed by atoms with Gasteiger partial charge in [-0.3, -0.25) is 4.79 Å². The smallest absolute Gasteiger partial charge is 0.328 e. The maximum Gasteiger partial charge on any atom is 0.328 e. The molecule has 2 aromatic carbocycles. The molecule has 0 radical (unpaired) electrons. The topological polar surface area (TPSA) is 66.4 Å². The van der Waals surface area contributed by atoms with Crippen molar-refractivity contribution < 1.29 is 19.1 Å². The monoisotopic (exact) mass is 363 g/mol. The molecule has 4 nitrogen and oxygen atoms in total. The van der Waals surface area contributed by atoms with E-state index in [1.54, 1.807) is 24.3 Å². The first kappa shape index (κ1) is 15.9. The second-order valence-electron chi connectivity index (χ2n) is 4.34. The van der Waals surface area contributed by atoms with Crippen molar-refractivity contribution in [2.75, 3.05) is 5.32 Å². The first-order valence-corrected chi connectivity index (χ1v) is 7.03. The third-order valence-electron chi connectivity index (χ3n) is 2.80. The van der Waals surface area contributed by atoms with Gasteiger partial charge in [0.2, 0.25) is 0 Å². The Balaban J connectivity index is 2.30. The molecule has 0 aliphatic heterocycles. The Hall–Kier alpha value is -2.47. The third kappa shape index (κ3) is 4.02. The van der Waals surface area contributed by atoms with E-state index in [9.17, 15) is 14.0 Å². The molecule has 0 spiro atoms. The molecule has 0 aliphatic carbocycles. The molecule has 1 amide bonds. The van der Waals surface area contributed by atoms with Crippen LogP contribution in [0.4, 0.5) is 10.1 Å². The van der Waals surface area contributed by atoms with Crippen LogP contribution in [0.25, 0.3) is 6.08 Å². The van der Waals surface area contributed by atoms with Gasteiger partial charge in [-0.1, -0.05) is 28.1 Å². The minimum Gasteiger partial charge on any atom is -0.478 e. The van der Waals surface area contributed by atoms with Gasteiger partial charge < -0.3 is 10.4 Å². The van der Waals surface area contributed by atoms with Gasteiger partial charge in [-0.2, -0.15) is 0 Å². The Morgan fingerprint density at radius 1 is 1.14 bits per heavy atom. The second-order valence-corrected chi connectivity index (χ2v) is 5.25. The van der Waals surface area contributed by atoms with Gasteiger partial charge in [0.15, 0.2) is 0 Å². The summed E-state index contributed by atoms with van der Waals surface area (Å²) in [6, 6.07) is 10.7. The standard InChI is InChI=1S/C16H11BrFNO3/c17-12-7-4-11(5-8-12)16(22)19-15-10(6-9-14(20)21)2-1-3-13(15)18/h1-9H,(H,19,22)(H,20,21)/b9-6+. The molecule has 2 N–H and O–H groups in total. The van der Waals surface area contributed by atoms with E-state index in [4.69, 9.17) is 5.11 Å². The first-order valence-electron chi connectivity index (χ1n) is 6.24. The Labute approximate surface area is 134 Å². The molecule has 0 aliphatic rings. The molecule has 22 heavy (non-hydrogen) atoms. The summed E-state index contributed by atoms with van der Waals surface area (Å²) in [5.74, 6) is -2.28. The summed E-state index contributed by atoms with van der Waals surface area (Å²) < 4.78 is 14.7. The van der Waals surface area contributed by atoms with Crippen LogP contribution in [0.3, 0.4) is 0 Å². The molecule has 0 unspecified atom stereocenters. The van der Waals surface area contributed by atoms with E-state index >= 15 is 0 Å². The van der Waals surface area contributed by atoms with Crippen LogP contribution in [0.1, 0.15) is 15.9 Å². The van der Waals surface area contributed by atoms with E-state index < -0.39 is 17.7 Å². The molecule has 0 atom stereocenters.